The smallest absolute Gasteiger partial charge is 0.325 e. The molecule has 0 saturated heterocycles. The van der Waals surface area contributed by atoms with E-state index in [1.54, 1.807) is 0 Å². The van der Waals surface area contributed by atoms with Crippen LogP contribution in [0.4, 0.5) is 5.69 Å². The maximum atomic E-state index is 11.6. The van der Waals surface area contributed by atoms with E-state index >= 15 is 0 Å². The van der Waals surface area contributed by atoms with Crippen molar-refractivity contribution in [1.82, 2.24) is 0 Å². The molecule has 0 aliphatic heterocycles. The van der Waals surface area contributed by atoms with Gasteiger partial charge in [0.2, 0.25) is 0 Å². The molecule has 0 radical (unpaired) electrons. The predicted molar refractivity (Wildman–Crippen MR) is 78.9 cm³/mol. The van der Waals surface area contributed by atoms with Gasteiger partial charge in [-0.25, -0.2) is 0 Å². The SMILES string of the molecule is O=C(CNc1ccccc1)OCc1ccc(Br)cc1. The van der Waals surface area contributed by atoms with Crippen LogP contribution in [0, 0.1) is 0 Å². The standard InChI is InChI=1S/C15H14BrNO2/c16-13-8-6-12(7-9-13)11-19-15(18)10-17-14-4-2-1-3-5-14/h1-9,17H,10-11H2. The van der Waals surface area contributed by atoms with Crippen molar-refractivity contribution in [3.63, 3.8) is 0 Å². The van der Waals surface area contributed by atoms with Gasteiger partial charge in [-0.05, 0) is 29.8 Å². The molecular weight excluding hydrogens is 306 g/mol. The third-order valence-electron chi connectivity index (χ3n) is 2.52. The van der Waals surface area contributed by atoms with Crippen LogP contribution in [0.5, 0.6) is 0 Å². The van der Waals surface area contributed by atoms with Crippen LogP contribution in [0.1, 0.15) is 5.56 Å². The summed E-state index contributed by atoms with van der Waals surface area (Å²) in [6.45, 7) is 0.461. The zero-order chi connectivity index (χ0) is 13.5. The normalized spacial score (nSPS) is 9.95. The molecule has 2 aromatic carbocycles. The predicted octanol–water partition coefficient (Wildman–Crippen LogP) is 3.60. The van der Waals surface area contributed by atoms with Crippen molar-refractivity contribution in [2.24, 2.45) is 0 Å². The van der Waals surface area contributed by atoms with E-state index in [0.29, 0.717) is 6.61 Å². The van der Waals surface area contributed by atoms with Gasteiger partial charge < -0.3 is 10.1 Å². The summed E-state index contributed by atoms with van der Waals surface area (Å²) >= 11 is 3.36. The van der Waals surface area contributed by atoms with Crippen LogP contribution in [-0.2, 0) is 16.1 Å². The molecule has 0 aromatic heterocycles. The molecule has 2 aromatic rings. The Morgan fingerprint density at radius 1 is 1.05 bits per heavy atom. The third kappa shape index (κ3) is 4.75. The largest absolute Gasteiger partial charge is 0.460 e. The molecule has 3 nitrogen and oxygen atoms in total. The molecule has 0 bridgehead atoms. The Balaban J connectivity index is 1.74. The van der Waals surface area contributed by atoms with Crippen molar-refractivity contribution in [3.05, 3.63) is 64.6 Å². The first kappa shape index (κ1) is 13.6. The first-order valence-corrected chi connectivity index (χ1v) is 6.72. The average molecular weight is 320 g/mol. The number of carbonyl (C=O) groups is 1. The van der Waals surface area contributed by atoms with Crippen molar-refractivity contribution >= 4 is 27.6 Å². The number of hydrogen-bond acceptors (Lipinski definition) is 3. The molecule has 0 aliphatic rings. The number of ether oxygens (including phenoxy) is 1. The number of hydrogen-bond donors (Lipinski definition) is 1. The van der Waals surface area contributed by atoms with Gasteiger partial charge in [0.25, 0.3) is 0 Å². The summed E-state index contributed by atoms with van der Waals surface area (Å²) in [5.41, 5.74) is 1.87. The Morgan fingerprint density at radius 2 is 1.74 bits per heavy atom. The maximum absolute atomic E-state index is 11.6. The van der Waals surface area contributed by atoms with Gasteiger partial charge in [-0.3, -0.25) is 4.79 Å². The summed E-state index contributed by atoms with van der Waals surface area (Å²) in [5, 5.41) is 3.01. The molecule has 0 aliphatic carbocycles. The molecule has 0 fully saturated rings. The number of esters is 1. The molecule has 0 spiro atoms. The highest BCUT2D eigenvalue weighted by Gasteiger charge is 2.03. The van der Waals surface area contributed by atoms with Crippen molar-refractivity contribution in [2.75, 3.05) is 11.9 Å². The topological polar surface area (TPSA) is 38.3 Å². The number of nitrogens with one attached hydrogen (secondary N) is 1. The Kier molecular flexibility index (Phi) is 4.98. The van der Waals surface area contributed by atoms with Gasteiger partial charge >= 0.3 is 5.97 Å². The average Bonchev–Trinajstić information content (AvgIpc) is 2.45. The second-order valence-electron chi connectivity index (χ2n) is 4.01. The Hall–Kier alpha value is -1.81. The third-order valence-corrected chi connectivity index (χ3v) is 3.05. The Bertz CT molecular complexity index is 526. The van der Waals surface area contributed by atoms with Gasteiger partial charge in [0.15, 0.2) is 0 Å². The lowest BCUT2D eigenvalue weighted by molar-refractivity contribution is -0.142. The quantitative estimate of drug-likeness (QED) is 0.856. The van der Waals surface area contributed by atoms with Gasteiger partial charge in [0, 0.05) is 10.2 Å². The van der Waals surface area contributed by atoms with Gasteiger partial charge in [-0.15, -0.1) is 0 Å². The fourth-order valence-corrected chi connectivity index (χ4v) is 1.79. The van der Waals surface area contributed by atoms with Crippen molar-refractivity contribution in [1.29, 1.82) is 0 Å². The number of halogens is 1. The molecule has 98 valence electrons. The molecule has 19 heavy (non-hydrogen) atoms. The highest BCUT2D eigenvalue weighted by Crippen LogP contribution is 2.11. The lowest BCUT2D eigenvalue weighted by Gasteiger charge is -2.07. The van der Waals surface area contributed by atoms with Crippen molar-refractivity contribution in [2.45, 2.75) is 6.61 Å². The van der Waals surface area contributed by atoms with E-state index in [1.165, 1.54) is 0 Å². The van der Waals surface area contributed by atoms with Crippen LogP contribution in [-0.4, -0.2) is 12.5 Å². The van der Waals surface area contributed by atoms with E-state index in [0.717, 1.165) is 15.7 Å². The van der Waals surface area contributed by atoms with Crippen LogP contribution in [0.15, 0.2) is 59.1 Å². The van der Waals surface area contributed by atoms with Crippen LogP contribution in [0.3, 0.4) is 0 Å². The van der Waals surface area contributed by atoms with Crippen LogP contribution >= 0.6 is 15.9 Å². The van der Waals surface area contributed by atoms with Gasteiger partial charge in [0.1, 0.15) is 13.2 Å². The lowest BCUT2D eigenvalue weighted by atomic mass is 10.2. The number of carbonyl (C=O) groups excluding carboxylic acids is 1. The van der Waals surface area contributed by atoms with E-state index in [2.05, 4.69) is 21.2 Å². The summed E-state index contributed by atoms with van der Waals surface area (Å²) in [5.74, 6) is -0.272. The summed E-state index contributed by atoms with van der Waals surface area (Å²) in [7, 11) is 0. The molecule has 0 atom stereocenters. The minimum absolute atomic E-state index is 0.167. The van der Waals surface area contributed by atoms with Gasteiger partial charge in [-0.2, -0.15) is 0 Å². The van der Waals surface area contributed by atoms with Crippen LogP contribution in [0.2, 0.25) is 0 Å². The fourth-order valence-electron chi connectivity index (χ4n) is 1.53. The molecule has 2 rings (SSSR count). The fraction of sp³-hybridized carbons (Fsp3) is 0.133. The molecule has 0 amide bonds. The molecular formula is C15H14BrNO2. The van der Waals surface area contributed by atoms with E-state index in [4.69, 9.17) is 4.74 Å². The van der Waals surface area contributed by atoms with Crippen molar-refractivity contribution < 1.29 is 9.53 Å². The van der Waals surface area contributed by atoms with Gasteiger partial charge in [0.05, 0.1) is 0 Å². The van der Waals surface area contributed by atoms with Crippen LogP contribution < -0.4 is 5.32 Å². The Labute approximate surface area is 120 Å². The number of para-hydroxylation sites is 1. The van der Waals surface area contributed by atoms with Crippen LogP contribution in [0.25, 0.3) is 0 Å². The summed E-state index contributed by atoms with van der Waals surface area (Å²) in [6.07, 6.45) is 0. The molecule has 0 unspecified atom stereocenters. The van der Waals surface area contributed by atoms with E-state index in [9.17, 15) is 4.79 Å². The summed E-state index contributed by atoms with van der Waals surface area (Å²) in [4.78, 5) is 11.6. The zero-order valence-corrected chi connectivity index (χ0v) is 11.9. The minimum Gasteiger partial charge on any atom is -0.460 e. The van der Waals surface area contributed by atoms with E-state index < -0.39 is 0 Å². The lowest BCUT2D eigenvalue weighted by Crippen LogP contribution is -2.16. The zero-order valence-electron chi connectivity index (χ0n) is 10.3. The maximum Gasteiger partial charge on any atom is 0.325 e. The second kappa shape index (κ2) is 6.95. The molecule has 4 heteroatoms. The first-order valence-electron chi connectivity index (χ1n) is 5.93. The first-order chi connectivity index (χ1) is 9.24. The second-order valence-corrected chi connectivity index (χ2v) is 4.92. The highest BCUT2D eigenvalue weighted by molar-refractivity contribution is 9.10. The number of benzene rings is 2. The number of anilines is 1. The monoisotopic (exact) mass is 319 g/mol. The minimum atomic E-state index is -0.272. The molecule has 1 N–H and O–H groups in total. The van der Waals surface area contributed by atoms with E-state index in [1.807, 2.05) is 54.6 Å². The van der Waals surface area contributed by atoms with E-state index in [-0.39, 0.29) is 12.5 Å². The molecule has 0 saturated carbocycles. The molecule has 0 heterocycles. The Morgan fingerprint density at radius 3 is 2.42 bits per heavy atom. The van der Waals surface area contributed by atoms with Crippen molar-refractivity contribution in [3.8, 4) is 0 Å². The van der Waals surface area contributed by atoms with Gasteiger partial charge in [-0.1, -0.05) is 46.3 Å². The highest BCUT2D eigenvalue weighted by atomic mass is 79.9. The summed E-state index contributed by atoms with van der Waals surface area (Å²) in [6, 6.07) is 17.2. The number of rotatable bonds is 5. The summed E-state index contributed by atoms with van der Waals surface area (Å²) < 4.78 is 6.18.